The maximum Gasteiger partial charge on any atom is 0.338 e. The first-order chi connectivity index (χ1) is 4.61. The van der Waals surface area contributed by atoms with Crippen LogP contribution < -0.4 is 11.1 Å². The Labute approximate surface area is 51.4 Å². The summed E-state index contributed by atoms with van der Waals surface area (Å²) in [5, 5.41) is 2.11. The minimum atomic E-state index is -0.928. The van der Waals surface area contributed by atoms with Gasteiger partial charge in [0.1, 0.15) is 7.67 Å². The molecule has 5 nitrogen and oxygen atoms in total. The summed E-state index contributed by atoms with van der Waals surface area (Å²) in [5.74, 6) is 0. The van der Waals surface area contributed by atoms with Gasteiger partial charge >= 0.3 is 11.1 Å². The van der Waals surface area contributed by atoms with Crippen molar-refractivity contribution in [3.63, 3.8) is 0 Å². The molecule has 0 unspecified atom stereocenters. The molecule has 0 radical (unpaired) electrons. The fraction of sp³-hybridized carbons (Fsp3) is 0.250. The van der Waals surface area contributed by atoms with Gasteiger partial charge in [-0.3, -0.25) is 19.4 Å². The van der Waals surface area contributed by atoms with E-state index < -0.39 is 11.1 Å². The minimum Gasteiger partial charge on any atom is -0.277 e. The van der Waals surface area contributed by atoms with Gasteiger partial charge in [-0.25, -0.2) is 0 Å². The lowest BCUT2D eigenvalue weighted by molar-refractivity contribution is 0.684. The number of nitrogens with zero attached hydrogens (tertiary/aromatic N) is 2. The van der Waals surface area contributed by atoms with E-state index in [1.165, 1.54) is 7.05 Å². The largest absolute Gasteiger partial charge is 0.338 e. The minimum absolute atomic E-state index is 0.260. The zero-order chi connectivity index (χ0) is 7.72. The first-order valence-electron chi connectivity index (χ1n) is 2.75. The first-order valence-corrected chi connectivity index (χ1v) is 2.25. The number of aromatic nitrogens is 3. The molecule has 1 N–H and O–H groups in total. The van der Waals surface area contributed by atoms with Crippen LogP contribution in [0.4, 0.5) is 0 Å². The molecule has 0 fully saturated rings. The van der Waals surface area contributed by atoms with Crippen LogP contribution in [0.5, 0.6) is 0 Å². The Hall–Kier alpha value is -1.39. The highest BCUT2D eigenvalue weighted by atomic mass is 16.2. The van der Waals surface area contributed by atoms with E-state index in [0.717, 1.165) is 4.68 Å². The van der Waals surface area contributed by atoms with Crippen molar-refractivity contribution in [1.29, 1.82) is 0 Å². The van der Waals surface area contributed by atoms with Crippen molar-refractivity contribution >= 4 is 0 Å². The van der Waals surface area contributed by atoms with E-state index in [4.69, 9.17) is 1.37 Å². The molecule has 1 aromatic heterocycles. The van der Waals surface area contributed by atoms with Gasteiger partial charge in [-0.05, 0) is 0 Å². The Morgan fingerprint density at radius 3 is 3.11 bits per heavy atom. The number of H-pyrrole nitrogens is 1. The quantitative estimate of drug-likeness (QED) is 0.432. The lowest BCUT2D eigenvalue weighted by atomic mass is 10.8. The van der Waals surface area contributed by atoms with Crippen molar-refractivity contribution < 1.29 is 1.37 Å². The second-order valence-electron chi connectivity index (χ2n) is 1.52. The molecule has 0 amide bonds. The second kappa shape index (κ2) is 1.85. The average molecular weight is 129 g/mol. The molecule has 1 rings (SSSR count). The van der Waals surface area contributed by atoms with Crippen LogP contribution in [0.25, 0.3) is 0 Å². The Morgan fingerprint density at radius 2 is 2.56 bits per heavy atom. The van der Waals surface area contributed by atoms with E-state index in [1.54, 1.807) is 0 Å². The molecule has 0 aromatic carbocycles. The third kappa shape index (κ3) is 1.04. The van der Waals surface area contributed by atoms with Crippen LogP contribution in [-0.4, -0.2) is 14.8 Å². The summed E-state index contributed by atoms with van der Waals surface area (Å²) in [5.41, 5.74) is -1.73. The maximum absolute atomic E-state index is 10.5. The molecule has 9 heavy (non-hydrogen) atoms. The fourth-order valence-corrected chi connectivity index (χ4v) is 0.396. The third-order valence-electron chi connectivity index (χ3n) is 0.765. The van der Waals surface area contributed by atoms with Gasteiger partial charge in [0.25, 0.3) is 0 Å². The molecule has 1 heterocycles. The van der Waals surface area contributed by atoms with E-state index in [2.05, 4.69) is 10.1 Å². The lowest BCUT2D eigenvalue weighted by Gasteiger charge is -1.90. The molecule has 0 atom stereocenters. The molecule has 0 aliphatic carbocycles. The van der Waals surface area contributed by atoms with Crippen molar-refractivity contribution in [2.24, 2.45) is 7.05 Å². The normalized spacial score (nSPS) is 11.0. The highest BCUT2D eigenvalue weighted by Crippen LogP contribution is 1.55. The standard InChI is InChI=1S/C4H5N3O2/c1-7-2-5-3(8)4(9)6-7/h2H,1H3,(H,6,9)/i2T. The number of hydrogen-bond acceptors (Lipinski definition) is 3. The van der Waals surface area contributed by atoms with Crippen LogP contribution in [0, 0.1) is 0 Å². The maximum atomic E-state index is 10.5. The first kappa shape index (κ1) is 4.49. The highest BCUT2D eigenvalue weighted by Gasteiger charge is 1.88. The topological polar surface area (TPSA) is 67.8 Å². The Kier molecular flexibility index (Phi) is 0.921. The summed E-state index contributed by atoms with van der Waals surface area (Å²) in [6.07, 6.45) is -0.260. The molecule has 0 aliphatic heterocycles. The summed E-state index contributed by atoms with van der Waals surface area (Å²) >= 11 is 0. The summed E-state index contributed by atoms with van der Waals surface area (Å²) in [7, 11) is 1.43. The van der Waals surface area contributed by atoms with Gasteiger partial charge < -0.3 is 0 Å². The number of rotatable bonds is 0. The Morgan fingerprint density at radius 1 is 1.89 bits per heavy atom. The van der Waals surface area contributed by atoms with Gasteiger partial charge in [0, 0.05) is 7.05 Å². The Bertz CT molecular complexity index is 317. The van der Waals surface area contributed by atoms with Crippen molar-refractivity contribution in [3.8, 4) is 0 Å². The number of aromatic amines is 1. The molecule has 0 bridgehead atoms. The van der Waals surface area contributed by atoms with E-state index in [1.807, 2.05) is 0 Å². The number of aryl methyl sites for hydroxylation is 1. The van der Waals surface area contributed by atoms with Crippen LogP contribution in [0.15, 0.2) is 15.9 Å². The lowest BCUT2D eigenvalue weighted by Crippen LogP contribution is -2.32. The monoisotopic (exact) mass is 129 g/mol. The van der Waals surface area contributed by atoms with E-state index in [-0.39, 0.29) is 6.30 Å². The predicted molar refractivity (Wildman–Crippen MR) is 30.1 cm³/mol. The summed E-state index contributed by atoms with van der Waals surface area (Å²) in [4.78, 5) is 24.0. The second-order valence-corrected chi connectivity index (χ2v) is 1.52. The van der Waals surface area contributed by atoms with Gasteiger partial charge in [-0.2, -0.15) is 4.98 Å². The van der Waals surface area contributed by atoms with Crippen molar-refractivity contribution in [2.45, 2.75) is 0 Å². The van der Waals surface area contributed by atoms with Crippen LogP contribution >= 0.6 is 0 Å². The molecule has 48 valence electrons. The summed E-state index contributed by atoms with van der Waals surface area (Å²) < 4.78 is 8.00. The van der Waals surface area contributed by atoms with Crippen LogP contribution in [0.1, 0.15) is 1.37 Å². The van der Waals surface area contributed by atoms with Gasteiger partial charge in [0.05, 0.1) is 0 Å². The van der Waals surface area contributed by atoms with Crippen LogP contribution in [0.2, 0.25) is 0 Å². The molecule has 0 saturated heterocycles. The average Bonchev–Trinajstić information content (AvgIpc) is 1.84. The molecule has 0 aliphatic rings. The van der Waals surface area contributed by atoms with Gasteiger partial charge in [-0.1, -0.05) is 0 Å². The van der Waals surface area contributed by atoms with Gasteiger partial charge in [-0.15, -0.1) is 0 Å². The highest BCUT2D eigenvalue weighted by molar-refractivity contribution is 4.68. The molecule has 0 spiro atoms. The van der Waals surface area contributed by atoms with Crippen LogP contribution in [0.3, 0.4) is 0 Å². The zero-order valence-corrected chi connectivity index (χ0v) is 4.71. The predicted octanol–water partition coefficient (Wildman–Crippen LogP) is -1.53. The van der Waals surface area contributed by atoms with Crippen molar-refractivity contribution in [3.05, 3.63) is 27.0 Å². The summed E-state index contributed by atoms with van der Waals surface area (Å²) in [6.45, 7) is 0. The number of nitrogens with one attached hydrogen (secondary N) is 1. The fourth-order valence-electron chi connectivity index (χ4n) is 0.396. The molecular formula is C4H5N3O2. The van der Waals surface area contributed by atoms with E-state index in [0.29, 0.717) is 0 Å². The molecule has 5 heteroatoms. The van der Waals surface area contributed by atoms with E-state index in [9.17, 15) is 9.59 Å². The molecule has 1 aromatic rings. The Balaban J connectivity index is 3.59. The van der Waals surface area contributed by atoms with Gasteiger partial charge in [0.15, 0.2) is 0 Å². The molecular weight excluding hydrogens is 122 g/mol. The third-order valence-corrected chi connectivity index (χ3v) is 0.765. The van der Waals surface area contributed by atoms with Gasteiger partial charge in [0.2, 0.25) is 0 Å². The molecule has 0 saturated carbocycles. The van der Waals surface area contributed by atoms with Crippen LogP contribution in [-0.2, 0) is 7.05 Å². The van der Waals surface area contributed by atoms with Crippen molar-refractivity contribution in [1.82, 2.24) is 14.8 Å². The van der Waals surface area contributed by atoms with Crippen molar-refractivity contribution in [2.75, 3.05) is 0 Å². The number of hydrogen-bond donors (Lipinski definition) is 1. The SMILES string of the molecule is [3H]c1nc(=O)c(=O)[nH]n1C. The summed E-state index contributed by atoms with van der Waals surface area (Å²) in [6, 6.07) is 0. The smallest absolute Gasteiger partial charge is 0.277 e. The van der Waals surface area contributed by atoms with E-state index >= 15 is 0 Å². The zero-order valence-electron chi connectivity index (χ0n) is 5.71.